The van der Waals surface area contributed by atoms with E-state index in [0.29, 0.717) is 16.8 Å². The third kappa shape index (κ3) is 4.00. The molecule has 0 spiro atoms. The summed E-state index contributed by atoms with van der Waals surface area (Å²) in [5.41, 5.74) is 4.79. The Labute approximate surface area is 170 Å². The Hall–Kier alpha value is -3.19. The summed E-state index contributed by atoms with van der Waals surface area (Å²) in [6.45, 7) is 7.38. The molecule has 0 bridgehead atoms. The summed E-state index contributed by atoms with van der Waals surface area (Å²) in [6.07, 6.45) is 0. The highest BCUT2D eigenvalue weighted by molar-refractivity contribution is 7.92. The number of sulfonamides is 1. The Morgan fingerprint density at radius 1 is 0.862 bits per heavy atom. The molecule has 0 radical (unpaired) electrons. The maximum atomic E-state index is 13.0. The van der Waals surface area contributed by atoms with Crippen molar-refractivity contribution < 1.29 is 13.3 Å². The van der Waals surface area contributed by atoms with Gasteiger partial charge in [-0.3, -0.25) is 14.8 Å². The van der Waals surface area contributed by atoms with Crippen molar-refractivity contribution in [2.24, 2.45) is 0 Å². The highest BCUT2D eigenvalue weighted by Gasteiger charge is 2.22. The minimum atomic E-state index is -3.78. The number of benzene rings is 3. The van der Waals surface area contributed by atoms with Crippen LogP contribution in [-0.2, 0) is 10.0 Å². The molecule has 150 valence electrons. The lowest BCUT2D eigenvalue weighted by atomic mass is 10.0. The van der Waals surface area contributed by atoms with Crippen LogP contribution in [0.5, 0.6) is 0 Å². The summed E-state index contributed by atoms with van der Waals surface area (Å²) in [6, 6.07) is 15.0. The highest BCUT2D eigenvalue weighted by atomic mass is 32.2. The van der Waals surface area contributed by atoms with Crippen molar-refractivity contribution in [2.45, 2.75) is 32.6 Å². The van der Waals surface area contributed by atoms with Gasteiger partial charge in [-0.25, -0.2) is 8.42 Å². The summed E-state index contributed by atoms with van der Waals surface area (Å²) in [5, 5.41) is 11.2. The van der Waals surface area contributed by atoms with Crippen molar-refractivity contribution in [2.75, 3.05) is 4.72 Å². The van der Waals surface area contributed by atoms with E-state index in [-0.39, 0.29) is 10.6 Å². The van der Waals surface area contributed by atoms with Gasteiger partial charge < -0.3 is 0 Å². The van der Waals surface area contributed by atoms with E-state index in [9.17, 15) is 18.5 Å². The fourth-order valence-corrected chi connectivity index (χ4v) is 5.06. The molecule has 3 rings (SSSR count). The lowest BCUT2D eigenvalue weighted by Gasteiger charge is -2.17. The first-order valence-corrected chi connectivity index (χ1v) is 10.5. The molecule has 0 aliphatic rings. The third-order valence-corrected chi connectivity index (χ3v) is 6.77. The normalized spacial score (nSPS) is 11.3. The molecule has 0 aliphatic heterocycles. The molecule has 0 atom stereocenters. The van der Waals surface area contributed by atoms with Gasteiger partial charge >= 0.3 is 0 Å². The highest BCUT2D eigenvalue weighted by Crippen LogP contribution is 2.31. The summed E-state index contributed by atoms with van der Waals surface area (Å²) < 4.78 is 28.7. The quantitative estimate of drug-likeness (QED) is 0.457. The number of para-hydroxylation sites is 1. The molecule has 0 saturated carbocycles. The summed E-state index contributed by atoms with van der Waals surface area (Å²) in [7, 11) is -3.78. The first-order valence-electron chi connectivity index (χ1n) is 9.06. The Bertz CT molecular complexity index is 1170. The van der Waals surface area contributed by atoms with Crippen LogP contribution in [0.3, 0.4) is 0 Å². The maximum absolute atomic E-state index is 13.0. The van der Waals surface area contributed by atoms with E-state index in [1.807, 2.05) is 19.9 Å². The number of nitrogens with one attached hydrogen (secondary N) is 1. The number of nitrogens with zero attached hydrogens (tertiary/aromatic N) is 1. The van der Waals surface area contributed by atoms with Crippen molar-refractivity contribution in [3.05, 3.63) is 87.0 Å². The molecule has 0 fully saturated rings. The fraction of sp³-hybridized carbons (Fsp3) is 0.182. The van der Waals surface area contributed by atoms with Crippen molar-refractivity contribution in [1.29, 1.82) is 0 Å². The van der Waals surface area contributed by atoms with Crippen molar-refractivity contribution in [3.8, 4) is 11.1 Å². The molecule has 29 heavy (non-hydrogen) atoms. The lowest BCUT2D eigenvalue weighted by molar-refractivity contribution is -0.384. The third-order valence-electron chi connectivity index (χ3n) is 5.11. The van der Waals surface area contributed by atoms with Crippen LogP contribution in [0.2, 0.25) is 0 Å². The molecule has 0 unspecified atom stereocenters. The van der Waals surface area contributed by atoms with Gasteiger partial charge in [0.1, 0.15) is 0 Å². The molecular weight excluding hydrogens is 388 g/mol. The van der Waals surface area contributed by atoms with Gasteiger partial charge in [-0.2, -0.15) is 0 Å². The van der Waals surface area contributed by atoms with Crippen molar-refractivity contribution in [1.82, 2.24) is 0 Å². The molecule has 0 aliphatic carbocycles. The molecule has 0 aromatic heterocycles. The second-order valence-electron chi connectivity index (χ2n) is 7.05. The van der Waals surface area contributed by atoms with E-state index >= 15 is 0 Å². The predicted molar refractivity (Wildman–Crippen MR) is 115 cm³/mol. The second kappa shape index (κ2) is 7.67. The zero-order valence-electron chi connectivity index (χ0n) is 16.7. The zero-order chi connectivity index (χ0) is 21.3. The van der Waals surface area contributed by atoms with E-state index in [0.717, 1.165) is 22.3 Å². The molecule has 3 aromatic rings. The molecule has 6 nitrogen and oxygen atoms in total. The number of hydrogen-bond donors (Lipinski definition) is 1. The van der Waals surface area contributed by atoms with Gasteiger partial charge in [-0.15, -0.1) is 0 Å². The predicted octanol–water partition coefficient (Wildman–Crippen LogP) is 5.30. The average Bonchev–Trinajstić information content (AvgIpc) is 2.66. The van der Waals surface area contributed by atoms with Crippen LogP contribution >= 0.6 is 0 Å². The number of nitro groups is 1. The Morgan fingerprint density at radius 2 is 1.41 bits per heavy atom. The van der Waals surface area contributed by atoms with Gasteiger partial charge in [-0.05, 0) is 73.7 Å². The van der Waals surface area contributed by atoms with Crippen LogP contribution in [-0.4, -0.2) is 13.3 Å². The Kier molecular flexibility index (Phi) is 5.44. The first-order chi connectivity index (χ1) is 13.6. The second-order valence-corrected chi connectivity index (χ2v) is 8.67. The number of rotatable bonds is 5. The summed E-state index contributed by atoms with van der Waals surface area (Å²) in [5.74, 6) is 0. The molecule has 7 heteroatoms. The largest absolute Gasteiger partial charge is 0.280 e. The van der Waals surface area contributed by atoms with Crippen LogP contribution in [0, 0.1) is 37.8 Å². The van der Waals surface area contributed by atoms with Gasteiger partial charge in [0.2, 0.25) is 0 Å². The van der Waals surface area contributed by atoms with Crippen molar-refractivity contribution in [3.63, 3.8) is 0 Å². The average molecular weight is 410 g/mol. The van der Waals surface area contributed by atoms with Crippen LogP contribution in [0.4, 0.5) is 11.4 Å². The standard InChI is InChI=1S/C22H22N2O4S/c1-14-13-15(2)17(4)22(16(14)3)29(27,28)23-19-11-9-18(10-12-19)20-7-5-6-8-21(20)24(25)26/h5-13,23H,1-4H3. The van der Waals surface area contributed by atoms with E-state index in [1.54, 1.807) is 56.3 Å². The van der Waals surface area contributed by atoms with Gasteiger partial charge in [0.05, 0.1) is 15.4 Å². The molecule has 3 aromatic carbocycles. The minimum Gasteiger partial charge on any atom is -0.280 e. The molecule has 0 amide bonds. The lowest BCUT2D eigenvalue weighted by Crippen LogP contribution is -2.17. The molecule has 1 N–H and O–H groups in total. The number of nitro benzene ring substituents is 1. The number of hydrogen-bond acceptors (Lipinski definition) is 4. The summed E-state index contributed by atoms with van der Waals surface area (Å²) in [4.78, 5) is 11.1. The van der Waals surface area contributed by atoms with Gasteiger partial charge in [0.25, 0.3) is 15.7 Å². The monoisotopic (exact) mass is 410 g/mol. The van der Waals surface area contributed by atoms with Gasteiger partial charge in [-0.1, -0.05) is 30.3 Å². The van der Waals surface area contributed by atoms with E-state index in [2.05, 4.69) is 4.72 Å². The van der Waals surface area contributed by atoms with E-state index < -0.39 is 14.9 Å². The molecular formula is C22H22N2O4S. The molecule has 0 saturated heterocycles. The topological polar surface area (TPSA) is 89.3 Å². The first kappa shape index (κ1) is 20.5. The van der Waals surface area contributed by atoms with Crippen LogP contribution in [0.15, 0.2) is 59.5 Å². The number of aryl methyl sites for hydroxylation is 2. The molecule has 0 heterocycles. The van der Waals surface area contributed by atoms with Crippen LogP contribution < -0.4 is 4.72 Å². The van der Waals surface area contributed by atoms with Gasteiger partial charge in [0.15, 0.2) is 0 Å². The Morgan fingerprint density at radius 3 is 1.97 bits per heavy atom. The van der Waals surface area contributed by atoms with Crippen LogP contribution in [0.25, 0.3) is 11.1 Å². The maximum Gasteiger partial charge on any atom is 0.277 e. The van der Waals surface area contributed by atoms with Gasteiger partial charge in [0, 0.05) is 11.8 Å². The van der Waals surface area contributed by atoms with E-state index in [4.69, 9.17) is 0 Å². The smallest absolute Gasteiger partial charge is 0.277 e. The SMILES string of the molecule is Cc1cc(C)c(C)c(S(=O)(=O)Nc2ccc(-c3ccccc3[N+](=O)[O-])cc2)c1C. The van der Waals surface area contributed by atoms with E-state index in [1.165, 1.54) is 6.07 Å². The number of anilines is 1. The van der Waals surface area contributed by atoms with Crippen LogP contribution in [0.1, 0.15) is 22.3 Å². The summed E-state index contributed by atoms with van der Waals surface area (Å²) >= 11 is 0. The minimum absolute atomic E-state index is 0.00214. The zero-order valence-corrected chi connectivity index (χ0v) is 17.5. The fourth-order valence-electron chi connectivity index (χ4n) is 3.38. The Balaban J connectivity index is 1.96. The van der Waals surface area contributed by atoms with Crippen molar-refractivity contribution >= 4 is 21.4 Å².